The summed E-state index contributed by atoms with van der Waals surface area (Å²) < 4.78 is 38.0. The van der Waals surface area contributed by atoms with E-state index in [1.807, 2.05) is 0 Å². The van der Waals surface area contributed by atoms with Crippen LogP contribution in [0.1, 0.15) is 23.2 Å². The number of carbonyl (C=O) groups excluding carboxylic acids is 1. The van der Waals surface area contributed by atoms with Crippen molar-refractivity contribution in [2.45, 2.75) is 19.0 Å². The predicted octanol–water partition coefficient (Wildman–Crippen LogP) is 1.62. The van der Waals surface area contributed by atoms with Gasteiger partial charge < -0.3 is 21.9 Å². The van der Waals surface area contributed by atoms with Gasteiger partial charge in [-0.2, -0.15) is 13.2 Å². The molecule has 0 radical (unpaired) electrons. The lowest BCUT2D eigenvalue weighted by Gasteiger charge is -2.19. The molecule has 1 amide bonds. The average molecular weight is 319 g/mol. The number of nitrogen functional groups attached to an aromatic ring is 2. The van der Waals surface area contributed by atoms with Crippen LogP contribution >= 0.6 is 0 Å². The zero-order valence-corrected chi connectivity index (χ0v) is 11.5. The molecule has 0 saturated heterocycles. The molecule has 0 aliphatic heterocycles. The van der Waals surface area contributed by atoms with E-state index in [9.17, 15) is 18.0 Å². The third-order valence-electron chi connectivity index (χ3n) is 3.39. The lowest BCUT2D eigenvalue weighted by molar-refractivity contribution is -0.184. The van der Waals surface area contributed by atoms with E-state index in [0.717, 1.165) is 0 Å². The number of benzene rings is 1. The highest BCUT2D eigenvalue weighted by Crippen LogP contribution is 2.57. The van der Waals surface area contributed by atoms with E-state index in [0.29, 0.717) is 5.69 Å². The number of anilines is 2. The largest absolute Gasteiger partial charge is 0.483 e. The number of hydrogen-bond donors (Lipinski definition) is 4. The molecule has 1 aliphatic carbocycles. The molecule has 22 heavy (non-hydrogen) atoms. The first-order valence-corrected chi connectivity index (χ1v) is 6.24. The van der Waals surface area contributed by atoms with E-state index in [4.69, 9.17) is 21.4 Å². The smallest absolute Gasteiger partial charge is 0.396 e. The molecule has 0 bridgehead atoms. The van der Waals surface area contributed by atoms with Crippen molar-refractivity contribution in [1.29, 1.82) is 0 Å². The van der Waals surface area contributed by atoms with Gasteiger partial charge in [-0.3, -0.25) is 9.59 Å². The Morgan fingerprint density at radius 1 is 1.32 bits per heavy atom. The van der Waals surface area contributed by atoms with Gasteiger partial charge in [0.1, 0.15) is 0 Å². The van der Waals surface area contributed by atoms with Gasteiger partial charge in [-0.05, 0) is 31.0 Å². The highest BCUT2D eigenvalue weighted by Gasteiger charge is 2.63. The fourth-order valence-corrected chi connectivity index (χ4v) is 1.78. The molecule has 1 aliphatic rings. The van der Waals surface area contributed by atoms with Crippen LogP contribution in [0.15, 0.2) is 18.2 Å². The van der Waals surface area contributed by atoms with Crippen molar-refractivity contribution in [2.75, 3.05) is 18.0 Å². The highest BCUT2D eigenvalue weighted by atomic mass is 19.4. The molecule has 1 fully saturated rings. The second-order valence-corrected chi connectivity index (χ2v) is 4.91. The number of halogens is 3. The molecule has 122 valence electrons. The van der Waals surface area contributed by atoms with Crippen LogP contribution in [0.5, 0.6) is 0 Å². The van der Waals surface area contributed by atoms with E-state index in [-0.39, 0.29) is 30.6 Å². The van der Waals surface area contributed by atoms with E-state index in [1.165, 1.54) is 18.2 Å². The maximum absolute atomic E-state index is 12.7. The maximum Gasteiger partial charge on any atom is 0.396 e. The van der Waals surface area contributed by atoms with Gasteiger partial charge in [0.2, 0.25) is 0 Å². The van der Waals surface area contributed by atoms with Crippen molar-refractivity contribution < 1.29 is 27.9 Å². The van der Waals surface area contributed by atoms with Gasteiger partial charge in [0, 0.05) is 12.1 Å². The first-order chi connectivity index (χ1) is 10.2. The SMILES string of the molecule is Nc1ccc(C(=O)NCC2(C(F)(F)F)CC2)cc1N.O=CO. The molecular formula is C13H16F3N3O3. The average Bonchev–Trinajstić information content (AvgIpc) is 3.21. The number of alkyl halides is 3. The number of carboxylic acid groups (broad SMARTS) is 1. The lowest BCUT2D eigenvalue weighted by atomic mass is 10.1. The van der Waals surface area contributed by atoms with Crippen molar-refractivity contribution in [2.24, 2.45) is 5.41 Å². The number of carbonyl (C=O) groups is 2. The van der Waals surface area contributed by atoms with Crippen molar-refractivity contribution in [3.63, 3.8) is 0 Å². The molecular weight excluding hydrogens is 303 g/mol. The second kappa shape index (κ2) is 6.54. The molecule has 0 aromatic heterocycles. The Bertz CT molecular complexity index is 557. The van der Waals surface area contributed by atoms with E-state index in [1.54, 1.807) is 0 Å². The van der Waals surface area contributed by atoms with Crippen LogP contribution in [0.2, 0.25) is 0 Å². The molecule has 6 N–H and O–H groups in total. The van der Waals surface area contributed by atoms with Gasteiger partial charge in [-0.25, -0.2) is 0 Å². The number of nitrogens with two attached hydrogens (primary N) is 2. The quantitative estimate of drug-likeness (QED) is 0.499. The monoisotopic (exact) mass is 319 g/mol. The molecule has 0 heterocycles. The van der Waals surface area contributed by atoms with Crippen LogP contribution in [-0.4, -0.2) is 30.2 Å². The molecule has 9 heteroatoms. The molecule has 0 unspecified atom stereocenters. The summed E-state index contributed by atoms with van der Waals surface area (Å²) in [6.07, 6.45) is -4.16. The van der Waals surface area contributed by atoms with E-state index >= 15 is 0 Å². The summed E-state index contributed by atoms with van der Waals surface area (Å²) in [4.78, 5) is 20.1. The fraction of sp³-hybridized carbons (Fsp3) is 0.385. The zero-order valence-electron chi connectivity index (χ0n) is 11.5. The van der Waals surface area contributed by atoms with Crippen LogP contribution in [0.4, 0.5) is 24.5 Å². The van der Waals surface area contributed by atoms with Crippen molar-refractivity contribution in [3.8, 4) is 0 Å². The van der Waals surface area contributed by atoms with E-state index < -0.39 is 24.0 Å². The van der Waals surface area contributed by atoms with Gasteiger partial charge in [0.25, 0.3) is 12.4 Å². The normalized spacial score (nSPS) is 15.2. The summed E-state index contributed by atoms with van der Waals surface area (Å²) in [7, 11) is 0. The third kappa shape index (κ3) is 4.03. The highest BCUT2D eigenvalue weighted by molar-refractivity contribution is 5.96. The fourth-order valence-electron chi connectivity index (χ4n) is 1.78. The zero-order chi connectivity index (χ0) is 17.0. The number of nitrogens with one attached hydrogen (secondary N) is 1. The van der Waals surface area contributed by atoms with E-state index in [2.05, 4.69) is 5.32 Å². The third-order valence-corrected chi connectivity index (χ3v) is 3.39. The van der Waals surface area contributed by atoms with Crippen molar-refractivity contribution in [1.82, 2.24) is 5.32 Å². The van der Waals surface area contributed by atoms with Gasteiger partial charge in [0.15, 0.2) is 0 Å². The minimum absolute atomic E-state index is 0.0562. The Morgan fingerprint density at radius 2 is 1.86 bits per heavy atom. The summed E-state index contributed by atoms with van der Waals surface area (Å²) in [5, 5.41) is 9.19. The molecule has 0 spiro atoms. The van der Waals surface area contributed by atoms with Crippen LogP contribution in [-0.2, 0) is 4.79 Å². The summed E-state index contributed by atoms with van der Waals surface area (Å²) in [5.74, 6) is -0.581. The minimum Gasteiger partial charge on any atom is -0.483 e. The van der Waals surface area contributed by atoms with Gasteiger partial charge >= 0.3 is 6.18 Å². The Balaban J connectivity index is 0.000000745. The Hall–Kier alpha value is -2.45. The lowest BCUT2D eigenvalue weighted by Crippen LogP contribution is -2.38. The minimum atomic E-state index is -4.28. The van der Waals surface area contributed by atoms with Gasteiger partial charge in [-0.15, -0.1) is 0 Å². The molecule has 6 nitrogen and oxygen atoms in total. The Labute approximate surface area is 124 Å². The van der Waals surface area contributed by atoms with Crippen molar-refractivity contribution >= 4 is 23.8 Å². The molecule has 1 saturated carbocycles. The molecule has 1 aromatic carbocycles. The number of rotatable bonds is 3. The number of amides is 1. The molecule has 1 aromatic rings. The maximum atomic E-state index is 12.7. The Kier molecular flexibility index (Phi) is 5.23. The molecule has 0 atom stereocenters. The predicted molar refractivity (Wildman–Crippen MR) is 74.0 cm³/mol. The van der Waals surface area contributed by atoms with Crippen LogP contribution < -0.4 is 16.8 Å². The molecule has 2 rings (SSSR count). The summed E-state index contributed by atoms with van der Waals surface area (Å²) in [6, 6.07) is 4.22. The standard InChI is InChI=1S/C12H14F3N3O.CH2O2/c13-12(14,15)11(3-4-11)6-18-10(19)7-1-2-8(16)9(17)5-7;2-1-3/h1-2,5H,3-4,6,16-17H2,(H,18,19);1H,(H,2,3). The topological polar surface area (TPSA) is 118 Å². The summed E-state index contributed by atoms with van der Waals surface area (Å²) in [5.41, 5.74) is 10.0. The first kappa shape index (κ1) is 17.6. The Morgan fingerprint density at radius 3 is 2.27 bits per heavy atom. The summed E-state index contributed by atoms with van der Waals surface area (Å²) >= 11 is 0. The summed E-state index contributed by atoms with van der Waals surface area (Å²) in [6.45, 7) is -0.653. The second-order valence-electron chi connectivity index (χ2n) is 4.91. The number of hydrogen-bond acceptors (Lipinski definition) is 4. The van der Waals surface area contributed by atoms with Gasteiger partial charge in [-0.1, -0.05) is 0 Å². The van der Waals surface area contributed by atoms with Crippen LogP contribution in [0.3, 0.4) is 0 Å². The van der Waals surface area contributed by atoms with Crippen LogP contribution in [0.25, 0.3) is 0 Å². The van der Waals surface area contributed by atoms with Crippen LogP contribution in [0, 0.1) is 5.41 Å². The van der Waals surface area contributed by atoms with Gasteiger partial charge in [0.05, 0.1) is 16.8 Å². The van der Waals surface area contributed by atoms with Crippen molar-refractivity contribution in [3.05, 3.63) is 23.8 Å². The first-order valence-electron chi connectivity index (χ1n) is 6.24.